The zero-order valence-electron chi connectivity index (χ0n) is 16.9. The SMILES string of the molecule is C[C@H]1Cc2ccccc2N1C(=O)CSc1nnc2n1C(C)(C)Cc1ccccc1-2. The van der Waals surface area contributed by atoms with Gasteiger partial charge < -0.3 is 4.90 Å². The number of carbonyl (C=O) groups is 1. The van der Waals surface area contributed by atoms with Crippen molar-refractivity contribution < 1.29 is 4.79 Å². The van der Waals surface area contributed by atoms with Gasteiger partial charge >= 0.3 is 0 Å². The molecule has 2 aliphatic rings. The minimum Gasteiger partial charge on any atom is -0.308 e. The number of thioether (sulfide) groups is 1. The lowest BCUT2D eigenvalue weighted by molar-refractivity contribution is -0.116. The highest BCUT2D eigenvalue weighted by Gasteiger charge is 2.35. The molecule has 0 saturated carbocycles. The van der Waals surface area contributed by atoms with Gasteiger partial charge in [-0.25, -0.2) is 0 Å². The van der Waals surface area contributed by atoms with Gasteiger partial charge in [0.25, 0.3) is 0 Å². The third-order valence-corrected chi connectivity index (χ3v) is 6.83. The third kappa shape index (κ3) is 2.97. The molecule has 5 nitrogen and oxygen atoms in total. The minimum absolute atomic E-state index is 0.124. The fraction of sp³-hybridized carbons (Fsp3) is 0.348. The summed E-state index contributed by atoms with van der Waals surface area (Å²) in [6, 6.07) is 16.8. The second kappa shape index (κ2) is 6.73. The zero-order valence-corrected chi connectivity index (χ0v) is 17.7. The summed E-state index contributed by atoms with van der Waals surface area (Å²) in [4.78, 5) is 15.0. The van der Waals surface area contributed by atoms with Gasteiger partial charge in [-0.3, -0.25) is 9.36 Å². The number of benzene rings is 2. The van der Waals surface area contributed by atoms with E-state index in [1.807, 2.05) is 29.2 Å². The molecule has 1 amide bonds. The van der Waals surface area contributed by atoms with Crippen molar-refractivity contribution in [2.75, 3.05) is 10.7 Å². The van der Waals surface area contributed by atoms with E-state index in [9.17, 15) is 4.79 Å². The molecule has 0 fully saturated rings. The van der Waals surface area contributed by atoms with Crippen LogP contribution in [0.4, 0.5) is 5.69 Å². The molecule has 2 aliphatic heterocycles. The molecule has 5 rings (SSSR count). The largest absolute Gasteiger partial charge is 0.308 e. The van der Waals surface area contributed by atoms with Crippen LogP contribution in [0.1, 0.15) is 31.9 Å². The van der Waals surface area contributed by atoms with E-state index in [1.165, 1.54) is 22.9 Å². The van der Waals surface area contributed by atoms with Crippen LogP contribution < -0.4 is 4.90 Å². The summed E-state index contributed by atoms with van der Waals surface area (Å²) in [7, 11) is 0. The van der Waals surface area contributed by atoms with Crippen molar-refractivity contribution in [1.82, 2.24) is 14.8 Å². The molecule has 29 heavy (non-hydrogen) atoms. The van der Waals surface area contributed by atoms with Gasteiger partial charge in [0.15, 0.2) is 11.0 Å². The fourth-order valence-corrected chi connectivity index (χ4v) is 5.62. The van der Waals surface area contributed by atoms with Gasteiger partial charge in [-0.15, -0.1) is 10.2 Å². The standard InChI is InChI=1S/C23H24N4OS/c1-15-12-16-8-5-7-11-19(16)26(15)20(28)14-29-22-25-24-21-18-10-6-4-9-17(18)13-23(2,3)27(21)22/h4-11,15H,12-14H2,1-3H3/t15-/m0/s1. The summed E-state index contributed by atoms with van der Waals surface area (Å²) in [6.45, 7) is 6.53. The van der Waals surface area contributed by atoms with Gasteiger partial charge in [0.2, 0.25) is 5.91 Å². The zero-order chi connectivity index (χ0) is 20.2. The molecule has 0 aliphatic carbocycles. The first kappa shape index (κ1) is 18.4. The Bertz CT molecular complexity index is 1100. The lowest BCUT2D eigenvalue weighted by atomic mass is 9.87. The molecular weight excluding hydrogens is 380 g/mol. The van der Waals surface area contributed by atoms with Crippen molar-refractivity contribution in [3.63, 3.8) is 0 Å². The van der Waals surface area contributed by atoms with Gasteiger partial charge in [-0.05, 0) is 50.8 Å². The number of rotatable bonds is 3. The van der Waals surface area contributed by atoms with Crippen LogP contribution in [0, 0.1) is 0 Å². The van der Waals surface area contributed by atoms with E-state index >= 15 is 0 Å². The van der Waals surface area contributed by atoms with Crippen LogP contribution in [0.15, 0.2) is 53.7 Å². The van der Waals surface area contributed by atoms with Crippen molar-refractivity contribution in [1.29, 1.82) is 0 Å². The summed E-state index contributed by atoms with van der Waals surface area (Å²) in [5, 5.41) is 9.76. The smallest absolute Gasteiger partial charge is 0.237 e. The average molecular weight is 405 g/mol. The van der Waals surface area contributed by atoms with Crippen LogP contribution in [-0.2, 0) is 23.2 Å². The number of para-hydroxylation sites is 1. The van der Waals surface area contributed by atoms with E-state index < -0.39 is 0 Å². The highest BCUT2D eigenvalue weighted by atomic mass is 32.2. The maximum Gasteiger partial charge on any atom is 0.237 e. The minimum atomic E-state index is -0.133. The molecule has 1 aromatic heterocycles. The summed E-state index contributed by atoms with van der Waals surface area (Å²) in [6.07, 6.45) is 1.84. The lowest BCUT2D eigenvalue weighted by Crippen LogP contribution is -2.37. The van der Waals surface area contributed by atoms with Crippen LogP contribution in [0.2, 0.25) is 0 Å². The molecule has 0 unspecified atom stereocenters. The van der Waals surface area contributed by atoms with Crippen molar-refractivity contribution in [2.45, 2.75) is 50.4 Å². The highest BCUT2D eigenvalue weighted by molar-refractivity contribution is 7.99. The quantitative estimate of drug-likeness (QED) is 0.611. The average Bonchev–Trinajstić information content (AvgIpc) is 3.27. The molecule has 0 N–H and O–H groups in total. The molecule has 1 atom stereocenters. The molecule has 6 heteroatoms. The molecule has 0 spiro atoms. The monoisotopic (exact) mass is 404 g/mol. The van der Waals surface area contributed by atoms with Gasteiger partial charge in [0.1, 0.15) is 0 Å². The number of nitrogens with zero attached hydrogens (tertiary/aromatic N) is 4. The Morgan fingerprint density at radius 2 is 1.83 bits per heavy atom. The van der Waals surface area contributed by atoms with Crippen molar-refractivity contribution >= 4 is 23.4 Å². The molecule has 3 heterocycles. The first-order valence-corrected chi connectivity index (χ1v) is 11.0. The van der Waals surface area contributed by atoms with E-state index in [4.69, 9.17) is 0 Å². The third-order valence-electron chi connectivity index (χ3n) is 5.92. The van der Waals surface area contributed by atoms with Crippen LogP contribution in [0.3, 0.4) is 0 Å². The first-order valence-electron chi connectivity index (χ1n) is 10.0. The van der Waals surface area contributed by atoms with Gasteiger partial charge in [-0.1, -0.05) is 54.2 Å². The number of amides is 1. The maximum atomic E-state index is 13.1. The predicted molar refractivity (Wildman–Crippen MR) is 116 cm³/mol. The van der Waals surface area contributed by atoms with Crippen LogP contribution >= 0.6 is 11.8 Å². The van der Waals surface area contributed by atoms with Crippen molar-refractivity contribution in [2.24, 2.45) is 0 Å². The van der Waals surface area contributed by atoms with E-state index in [2.05, 4.69) is 59.8 Å². The molecular formula is C23H24N4OS. The Hall–Kier alpha value is -2.60. The molecule has 0 bridgehead atoms. The van der Waals surface area contributed by atoms with E-state index in [1.54, 1.807) is 0 Å². The van der Waals surface area contributed by atoms with E-state index in [0.29, 0.717) is 5.75 Å². The predicted octanol–water partition coefficient (Wildman–Crippen LogP) is 4.31. The fourth-order valence-electron chi connectivity index (χ4n) is 4.66. The Balaban J connectivity index is 1.41. The van der Waals surface area contributed by atoms with Crippen molar-refractivity contribution in [3.05, 3.63) is 59.7 Å². The topological polar surface area (TPSA) is 51.0 Å². The number of anilines is 1. The Morgan fingerprint density at radius 3 is 2.66 bits per heavy atom. The molecule has 0 radical (unpaired) electrons. The van der Waals surface area contributed by atoms with E-state index in [0.717, 1.165) is 35.1 Å². The summed E-state index contributed by atoms with van der Waals surface area (Å²) in [5.41, 5.74) is 4.60. The Labute approximate surface area is 175 Å². The summed E-state index contributed by atoms with van der Waals surface area (Å²) in [5.74, 6) is 1.37. The van der Waals surface area contributed by atoms with Gasteiger partial charge in [-0.2, -0.15) is 0 Å². The number of fused-ring (bicyclic) bond motifs is 4. The van der Waals surface area contributed by atoms with Crippen LogP contribution in [-0.4, -0.2) is 32.5 Å². The molecule has 0 saturated heterocycles. The molecule has 148 valence electrons. The number of hydrogen-bond donors (Lipinski definition) is 0. The summed E-state index contributed by atoms with van der Waals surface area (Å²) >= 11 is 1.49. The Morgan fingerprint density at radius 1 is 1.10 bits per heavy atom. The molecule has 2 aromatic carbocycles. The normalized spacial score (nSPS) is 18.9. The second-order valence-electron chi connectivity index (χ2n) is 8.52. The first-order chi connectivity index (χ1) is 14.0. The van der Waals surface area contributed by atoms with E-state index in [-0.39, 0.29) is 17.5 Å². The molecule has 3 aromatic rings. The van der Waals surface area contributed by atoms with Crippen LogP contribution in [0.5, 0.6) is 0 Å². The number of aromatic nitrogens is 3. The second-order valence-corrected chi connectivity index (χ2v) is 9.46. The lowest BCUT2D eigenvalue weighted by Gasteiger charge is -2.34. The Kier molecular flexibility index (Phi) is 4.28. The van der Waals surface area contributed by atoms with Gasteiger partial charge in [0.05, 0.1) is 5.75 Å². The van der Waals surface area contributed by atoms with Gasteiger partial charge in [0, 0.05) is 22.8 Å². The number of carbonyl (C=O) groups excluding carboxylic acids is 1. The maximum absolute atomic E-state index is 13.1. The van der Waals surface area contributed by atoms with Crippen molar-refractivity contribution in [3.8, 4) is 11.4 Å². The summed E-state index contributed by atoms with van der Waals surface area (Å²) < 4.78 is 2.20. The highest BCUT2D eigenvalue weighted by Crippen LogP contribution is 2.40. The number of hydrogen-bond acceptors (Lipinski definition) is 4. The van der Waals surface area contributed by atoms with Crippen LogP contribution in [0.25, 0.3) is 11.4 Å².